The van der Waals surface area contributed by atoms with Crippen LogP contribution < -0.4 is 5.32 Å². The van der Waals surface area contributed by atoms with Crippen LogP contribution in [0.4, 0.5) is 18.9 Å². The van der Waals surface area contributed by atoms with Crippen LogP contribution >= 0.6 is 0 Å². The third kappa shape index (κ3) is 6.21. The van der Waals surface area contributed by atoms with Crippen molar-refractivity contribution < 1.29 is 22.8 Å². The minimum atomic E-state index is -4.40. The maximum atomic E-state index is 13.0. The number of alkyl halides is 3. The lowest BCUT2D eigenvalue weighted by atomic mass is 10.1. The average Bonchev–Trinajstić information content (AvgIpc) is 2.60. The maximum absolute atomic E-state index is 13.0. The van der Waals surface area contributed by atoms with Crippen LogP contribution in [-0.2, 0) is 17.5 Å². The molecular weight excluding hydrogens is 357 g/mol. The number of carbonyl (C=O) groups is 2. The largest absolute Gasteiger partial charge is 0.416 e. The highest BCUT2D eigenvalue weighted by molar-refractivity contribution is 5.95. The van der Waals surface area contributed by atoms with Gasteiger partial charge in [0.2, 0.25) is 5.91 Å². The van der Waals surface area contributed by atoms with Crippen molar-refractivity contribution in [3.05, 3.63) is 65.2 Å². The molecule has 0 aliphatic carbocycles. The summed E-state index contributed by atoms with van der Waals surface area (Å²) in [6, 6.07) is 11.9. The second-order valence-electron chi connectivity index (χ2n) is 6.32. The van der Waals surface area contributed by atoms with Crippen molar-refractivity contribution in [3.8, 4) is 0 Å². The lowest BCUT2D eigenvalue weighted by Crippen LogP contribution is -2.25. The van der Waals surface area contributed by atoms with Crippen molar-refractivity contribution in [1.29, 1.82) is 0 Å². The van der Waals surface area contributed by atoms with E-state index < -0.39 is 11.7 Å². The Labute approximate surface area is 156 Å². The first kappa shape index (κ1) is 20.6. The Kier molecular flexibility index (Phi) is 6.74. The van der Waals surface area contributed by atoms with E-state index in [0.29, 0.717) is 17.8 Å². The molecule has 1 N–H and O–H groups in total. The second kappa shape index (κ2) is 8.81. The summed E-state index contributed by atoms with van der Waals surface area (Å²) >= 11 is 0. The van der Waals surface area contributed by atoms with Gasteiger partial charge in [-0.1, -0.05) is 18.2 Å². The predicted molar refractivity (Wildman–Crippen MR) is 97.5 cm³/mol. The van der Waals surface area contributed by atoms with E-state index in [4.69, 9.17) is 0 Å². The normalized spacial score (nSPS) is 11.5. The van der Waals surface area contributed by atoms with Crippen LogP contribution in [-0.4, -0.2) is 30.2 Å². The summed E-state index contributed by atoms with van der Waals surface area (Å²) in [5, 5.41) is 2.71. The molecular formula is C20H21F3N2O2. The van der Waals surface area contributed by atoms with Crippen LogP contribution in [0.1, 0.15) is 34.8 Å². The third-order valence-electron chi connectivity index (χ3n) is 4.06. The number of nitrogens with zero attached hydrogens (tertiary/aromatic N) is 1. The van der Waals surface area contributed by atoms with Gasteiger partial charge in [-0.25, -0.2) is 0 Å². The van der Waals surface area contributed by atoms with Gasteiger partial charge in [-0.05, 0) is 49.9 Å². The smallest absolute Gasteiger partial charge is 0.326 e. The minimum absolute atomic E-state index is 0.0614. The van der Waals surface area contributed by atoms with Crippen molar-refractivity contribution in [2.45, 2.75) is 26.1 Å². The minimum Gasteiger partial charge on any atom is -0.326 e. The maximum Gasteiger partial charge on any atom is 0.416 e. The van der Waals surface area contributed by atoms with Crippen molar-refractivity contribution in [3.63, 3.8) is 0 Å². The number of Topliss-reactive ketones (excluding diaryl/α,β-unsaturated/α-hetero) is 1. The van der Waals surface area contributed by atoms with Gasteiger partial charge in [0.25, 0.3) is 0 Å². The summed E-state index contributed by atoms with van der Waals surface area (Å²) in [5.41, 5.74) is 0.630. The molecule has 0 radical (unpaired) electrons. The molecule has 27 heavy (non-hydrogen) atoms. The summed E-state index contributed by atoms with van der Waals surface area (Å²) in [7, 11) is 1.67. The lowest BCUT2D eigenvalue weighted by Gasteiger charge is -2.19. The molecule has 0 aliphatic rings. The Bertz CT molecular complexity index is 802. The van der Waals surface area contributed by atoms with Gasteiger partial charge in [-0.3, -0.25) is 9.59 Å². The van der Waals surface area contributed by atoms with Gasteiger partial charge in [-0.15, -0.1) is 0 Å². The molecule has 2 rings (SSSR count). The Morgan fingerprint density at radius 1 is 1.04 bits per heavy atom. The van der Waals surface area contributed by atoms with Gasteiger partial charge in [0.05, 0.1) is 5.56 Å². The van der Waals surface area contributed by atoms with Crippen molar-refractivity contribution in [1.82, 2.24) is 4.90 Å². The SMILES string of the molecule is CC(=O)c1ccc(NC(=O)CCN(C)Cc2ccccc2C(F)(F)F)cc1. The zero-order chi connectivity index (χ0) is 20.0. The van der Waals surface area contributed by atoms with E-state index in [1.54, 1.807) is 42.3 Å². The number of anilines is 1. The standard InChI is InChI=1S/C20H21F3N2O2/c1-14(26)15-7-9-17(10-8-15)24-19(27)11-12-25(2)13-16-5-3-4-6-18(16)20(21,22)23/h3-10H,11-13H2,1-2H3,(H,24,27). The molecule has 1 amide bonds. The molecule has 0 aliphatic heterocycles. The third-order valence-corrected chi connectivity index (χ3v) is 4.06. The topological polar surface area (TPSA) is 49.4 Å². The molecule has 2 aromatic rings. The van der Waals surface area contributed by atoms with Gasteiger partial charge in [-0.2, -0.15) is 13.2 Å². The van der Waals surface area contributed by atoms with E-state index >= 15 is 0 Å². The molecule has 2 aromatic carbocycles. The number of hydrogen-bond acceptors (Lipinski definition) is 3. The molecule has 0 fully saturated rings. The highest BCUT2D eigenvalue weighted by Crippen LogP contribution is 2.32. The van der Waals surface area contributed by atoms with Crippen LogP contribution in [0, 0.1) is 0 Å². The van der Waals surface area contributed by atoms with E-state index in [0.717, 1.165) is 6.07 Å². The Balaban J connectivity index is 1.87. The van der Waals surface area contributed by atoms with E-state index in [1.165, 1.54) is 19.1 Å². The number of rotatable bonds is 7. The number of nitrogens with one attached hydrogen (secondary N) is 1. The first-order valence-electron chi connectivity index (χ1n) is 8.41. The number of ketones is 1. The monoisotopic (exact) mass is 378 g/mol. The molecule has 4 nitrogen and oxygen atoms in total. The highest BCUT2D eigenvalue weighted by atomic mass is 19.4. The van der Waals surface area contributed by atoms with E-state index in [1.807, 2.05) is 0 Å². The highest BCUT2D eigenvalue weighted by Gasteiger charge is 2.32. The van der Waals surface area contributed by atoms with Gasteiger partial charge in [0, 0.05) is 30.8 Å². The molecule has 0 heterocycles. The Morgan fingerprint density at radius 3 is 2.26 bits per heavy atom. The van der Waals surface area contributed by atoms with Crippen LogP contribution in [0.3, 0.4) is 0 Å². The molecule has 0 saturated heterocycles. The number of amides is 1. The summed E-state index contributed by atoms with van der Waals surface area (Å²) in [6.45, 7) is 1.86. The first-order chi connectivity index (χ1) is 12.7. The zero-order valence-corrected chi connectivity index (χ0v) is 15.1. The lowest BCUT2D eigenvalue weighted by molar-refractivity contribution is -0.138. The Hall–Kier alpha value is -2.67. The summed E-state index contributed by atoms with van der Waals surface area (Å²) in [6.07, 6.45) is -4.26. The van der Waals surface area contributed by atoms with Crippen LogP contribution in [0.15, 0.2) is 48.5 Å². The number of carbonyl (C=O) groups excluding carboxylic acids is 2. The molecule has 0 spiro atoms. The van der Waals surface area contributed by atoms with Gasteiger partial charge < -0.3 is 10.2 Å². The Morgan fingerprint density at radius 2 is 1.67 bits per heavy atom. The first-order valence-corrected chi connectivity index (χ1v) is 8.41. The molecule has 0 saturated carbocycles. The molecule has 7 heteroatoms. The fraction of sp³-hybridized carbons (Fsp3) is 0.300. The molecule has 144 valence electrons. The molecule has 0 bridgehead atoms. The second-order valence-corrected chi connectivity index (χ2v) is 6.32. The number of halogens is 3. The molecule has 0 unspecified atom stereocenters. The van der Waals surface area contributed by atoms with Crippen LogP contribution in [0.2, 0.25) is 0 Å². The fourth-order valence-corrected chi connectivity index (χ4v) is 2.61. The van der Waals surface area contributed by atoms with Crippen molar-refractivity contribution in [2.75, 3.05) is 18.9 Å². The van der Waals surface area contributed by atoms with E-state index in [2.05, 4.69) is 5.32 Å². The summed E-state index contributed by atoms with van der Waals surface area (Å²) in [5.74, 6) is -0.310. The van der Waals surface area contributed by atoms with E-state index in [-0.39, 0.29) is 30.2 Å². The van der Waals surface area contributed by atoms with Gasteiger partial charge in [0.1, 0.15) is 0 Å². The summed E-state index contributed by atoms with van der Waals surface area (Å²) in [4.78, 5) is 24.9. The fourth-order valence-electron chi connectivity index (χ4n) is 2.61. The van der Waals surface area contributed by atoms with Gasteiger partial charge >= 0.3 is 6.18 Å². The zero-order valence-electron chi connectivity index (χ0n) is 15.1. The van der Waals surface area contributed by atoms with Crippen LogP contribution in [0.25, 0.3) is 0 Å². The van der Waals surface area contributed by atoms with Crippen molar-refractivity contribution in [2.24, 2.45) is 0 Å². The van der Waals surface area contributed by atoms with Gasteiger partial charge in [0.15, 0.2) is 5.78 Å². The average molecular weight is 378 g/mol. The number of hydrogen-bond donors (Lipinski definition) is 1. The molecule has 0 atom stereocenters. The number of benzene rings is 2. The van der Waals surface area contributed by atoms with E-state index in [9.17, 15) is 22.8 Å². The van der Waals surface area contributed by atoms with Crippen molar-refractivity contribution >= 4 is 17.4 Å². The predicted octanol–water partition coefficient (Wildman–Crippen LogP) is 4.37. The molecule has 0 aromatic heterocycles. The quantitative estimate of drug-likeness (QED) is 0.728. The summed E-state index contributed by atoms with van der Waals surface area (Å²) < 4.78 is 39.1. The van der Waals surface area contributed by atoms with Crippen LogP contribution in [0.5, 0.6) is 0 Å².